The molecule has 3 aliphatic rings. The van der Waals surface area contributed by atoms with Crippen molar-refractivity contribution in [3.8, 4) is 0 Å². The molecule has 11 heteroatoms. The molecule has 1 aliphatic heterocycles. The first kappa shape index (κ1) is 25.7. The lowest BCUT2D eigenvalue weighted by Crippen LogP contribution is -2.44. The van der Waals surface area contributed by atoms with Gasteiger partial charge in [-0.05, 0) is 44.4 Å². The zero-order valence-corrected chi connectivity index (χ0v) is 20.5. The zero-order valence-electron chi connectivity index (χ0n) is 19.0. The van der Waals surface area contributed by atoms with Crippen LogP contribution in [0.2, 0.25) is 5.15 Å². The minimum Gasteiger partial charge on any atom is -0.394 e. The Morgan fingerprint density at radius 2 is 2.00 bits per heavy atom. The Bertz CT molecular complexity index is 736. The van der Waals surface area contributed by atoms with Crippen LogP contribution in [0, 0.1) is 5.92 Å². The van der Waals surface area contributed by atoms with E-state index in [-0.39, 0.29) is 12.7 Å². The molecule has 2 atom stereocenters. The fourth-order valence-electron chi connectivity index (χ4n) is 4.30. The molecule has 4 rings (SSSR count). The molecule has 0 aromatic carbocycles. The molecule has 0 spiro atoms. The first-order valence-electron chi connectivity index (χ1n) is 11.5. The number of anilines is 2. The van der Waals surface area contributed by atoms with Gasteiger partial charge < -0.3 is 20.1 Å². The van der Waals surface area contributed by atoms with Crippen LogP contribution in [0.5, 0.6) is 0 Å². The molecule has 2 unspecified atom stereocenters. The van der Waals surface area contributed by atoms with E-state index >= 15 is 0 Å². The van der Waals surface area contributed by atoms with Crippen molar-refractivity contribution in [3.05, 3.63) is 5.15 Å². The van der Waals surface area contributed by atoms with Crippen LogP contribution in [0.15, 0.2) is 5.16 Å². The number of hydrazine groups is 2. The molecular formula is C21H36ClN5O4S. The average Bonchev–Trinajstić information content (AvgIpc) is 3.45. The van der Waals surface area contributed by atoms with Gasteiger partial charge in [0.2, 0.25) is 0 Å². The van der Waals surface area contributed by atoms with Gasteiger partial charge in [0, 0.05) is 32.2 Å². The standard InChI is InChI=1S/C16H26ClN5O2S.C5H10O2/c1-3-8-25-16-18-14(17)13-15(19-16)22(20-21(13)2)10-11-4-5-12(9-11)24-7-6-23;6-5(7)3-1-2-4-5/h11-12,20,23H,3-10H2,1-2H3;6-7H,1-4H2. The number of hydrogen-bond donors (Lipinski definition) is 4. The van der Waals surface area contributed by atoms with Crippen LogP contribution in [0.3, 0.4) is 0 Å². The van der Waals surface area contributed by atoms with E-state index in [1.165, 1.54) is 0 Å². The van der Waals surface area contributed by atoms with Crippen molar-refractivity contribution in [2.75, 3.05) is 42.6 Å². The number of aromatic nitrogens is 2. The fraction of sp³-hybridized carbons (Fsp3) is 0.810. The Hall–Kier alpha value is -0.880. The minimum absolute atomic E-state index is 0.0840. The monoisotopic (exact) mass is 489 g/mol. The van der Waals surface area contributed by atoms with E-state index in [0.717, 1.165) is 67.5 Å². The number of aliphatic hydroxyl groups excluding tert-OH is 1. The van der Waals surface area contributed by atoms with Gasteiger partial charge in [0.05, 0.1) is 19.3 Å². The number of thioether (sulfide) groups is 1. The maximum absolute atomic E-state index is 8.90. The molecule has 1 aromatic rings. The second-order valence-corrected chi connectivity index (χ2v) is 10.1. The van der Waals surface area contributed by atoms with Crippen molar-refractivity contribution in [1.82, 2.24) is 15.5 Å². The van der Waals surface area contributed by atoms with Gasteiger partial charge in [-0.15, -0.1) is 5.53 Å². The van der Waals surface area contributed by atoms with Crippen LogP contribution >= 0.6 is 23.4 Å². The van der Waals surface area contributed by atoms with Crippen molar-refractivity contribution < 1.29 is 20.1 Å². The Labute approximate surface area is 199 Å². The maximum Gasteiger partial charge on any atom is 0.191 e. The molecule has 182 valence electrons. The van der Waals surface area contributed by atoms with E-state index in [9.17, 15) is 0 Å². The third kappa shape index (κ3) is 7.06. The van der Waals surface area contributed by atoms with E-state index in [1.807, 2.05) is 12.1 Å². The number of halogens is 1. The summed E-state index contributed by atoms with van der Waals surface area (Å²) in [6.45, 7) is 3.49. The number of fused-ring (bicyclic) bond motifs is 1. The summed E-state index contributed by atoms with van der Waals surface area (Å²) >= 11 is 8.03. The van der Waals surface area contributed by atoms with Crippen LogP contribution in [0.1, 0.15) is 58.3 Å². The van der Waals surface area contributed by atoms with E-state index in [2.05, 4.69) is 22.5 Å². The largest absolute Gasteiger partial charge is 0.394 e. The summed E-state index contributed by atoms with van der Waals surface area (Å²) in [5.41, 5.74) is 4.15. The topological polar surface area (TPSA) is 114 Å². The molecule has 1 aromatic heterocycles. The summed E-state index contributed by atoms with van der Waals surface area (Å²) in [6.07, 6.45) is 7.55. The van der Waals surface area contributed by atoms with Crippen LogP contribution in [0.4, 0.5) is 11.5 Å². The lowest BCUT2D eigenvalue weighted by Gasteiger charge is -2.23. The Morgan fingerprint density at radius 1 is 1.25 bits per heavy atom. The average molecular weight is 490 g/mol. The van der Waals surface area contributed by atoms with Crippen molar-refractivity contribution in [2.24, 2.45) is 5.92 Å². The Morgan fingerprint density at radius 3 is 2.62 bits per heavy atom. The van der Waals surface area contributed by atoms with E-state index in [1.54, 1.807) is 11.8 Å². The van der Waals surface area contributed by atoms with Gasteiger partial charge in [-0.2, -0.15) is 0 Å². The maximum atomic E-state index is 8.90. The summed E-state index contributed by atoms with van der Waals surface area (Å²) in [5, 5.41) is 31.5. The second kappa shape index (κ2) is 12.0. The Kier molecular flexibility index (Phi) is 9.66. The highest BCUT2D eigenvalue weighted by molar-refractivity contribution is 7.99. The molecule has 0 amide bonds. The predicted octanol–water partition coefficient (Wildman–Crippen LogP) is 2.73. The molecule has 2 heterocycles. The molecule has 0 saturated heterocycles. The van der Waals surface area contributed by atoms with E-state index < -0.39 is 5.79 Å². The van der Waals surface area contributed by atoms with Crippen molar-refractivity contribution in [1.29, 1.82) is 0 Å². The minimum atomic E-state index is -1.31. The zero-order chi connectivity index (χ0) is 23.1. The number of hydrogen-bond acceptors (Lipinski definition) is 10. The van der Waals surface area contributed by atoms with E-state index in [0.29, 0.717) is 30.5 Å². The lowest BCUT2D eigenvalue weighted by atomic mass is 10.1. The van der Waals surface area contributed by atoms with Crippen LogP contribution in [0.25, 0.3) is 0 Å². The smallest absolute Gasteiger partial charge is 0.191 e. The number of nitrogens with zero attached hydrogens (tertiary/aromatic N) is 4. The number of nitrogens with one attached hydrogen (secondary N) is 1. The first-order chi connectivity index (χ1) is 15.3. The van der Waals surface area contributed by atoms with Crippen LogP contribution in [-0.2, 0) is 4.74 Å². The van der Waals surface area contributed by atoms with E-state index in [4.69, 9.17) is 36.6 Å². The molecule has 9 nitrogen and oxygen atoms in total. The summed E-state index contributed by atoms with van der Waals surface area (Å²) in [5.74, 6) is 1.04. The predicted molar refractivity (Wildman–Crippen MR) is 127 cm³/mol. The highest BCUT2D eigenvalue weighted by atomic mass is 35.5. The third-order valence-electron chi connectivity index (χ3n) is 5.88. The molecular weight excluding hydrogens is 454 g/mol. The fourth-order valence-corrected chi connectivity index (χ4v) is 5.34. The summed E-state index contributed by atoms with van der Waals surface area (Å²) in [6, 6.07) is 0. The molecule has 2 aliphatic carbocycles. The normalized spacial score (nSPS) is 23.9. The number of ether oxygens (including phenoxy) is 1. The van der Waals surface area contributed by atoms with Gasteiger partial charge >= 0.3 is 0 Å². The third-order valence-corrected chi connectivity index (χ3v) is 7.20. The molecule has 4 N–H and O–H groups in total. The van der Waals surface area contributed by atoms with Gasteiger partial charge in [0.25, 0.3) is 0 Å². The number of rotatable bonds is 8. The van der Waals surface area contributed by atoms with Crippen LogP contribution in [-0.4, -0.2) is 69.7 Å². The quantitative estimate of drug-likeness (QED) is 0.188. The highest BCUT2D eigenvalue weighted by Crippen LogP contribution is 2.39. The van der Waals surface area contributed by atoms with Gasteiger partial charge in [-0.25, -0.2) is 9.97 Å². The van der Waals surface area contributed by atoms with Gasteiger partial charge in [0.15, 0.2) is 21.9 Å². The second-order valence-electron chi connectivity index (χ2n) is 8.67. The highest BCUT2D eigenvalue weighted by Gasteiger charge is 2.33. The molecule has 32 heavy (non-hydrogen) atoms. The van der Waals surface area contributed by atoms with Crippen molar-refractivity contribution in [2.45, 2.75) is 75.3 Å². The van der Waals surface area contributed by atoms with Crippen LogP contribution < -0.4 is 15.6 Å². The summed E-state index contributed by atoms with van der Waals surface area (Å²) in [7, 11) is 1.93. The van der Waals surface area contributed by atoms with Gasteiger partial charge in [-0.1, -0.05) is 30.3 Å². The molecule has 2 saturated carbocycles. The van der Waals surface area contributed by atoms with Crippen molar-refractivity contribution >= 4 is 34.9 Å². The first-order valence-corrected chi connectivity index (χ1v) is 12.8. The summed E-state index contributed by atoms with van der Waals surface area (Å²) in [4.78, 5) is 9.13. The molecule has 2 fully saturated rings. The SMILES string of the molecule is CCCSc1nc(Cl)c2c(n1)N(CC1CCC(OCCO)C1)NN2C.OC1(O)CCCC1. The summed E-state index contributed by atoms with van der Waals surface area (Å²) < 4.78 is 5.67. The van der Waals surface area contributed by atoms with Gasteiger partial charge in [0.1, 0.15) is 5.69 Å². The van der Waals surface area contributed by atoms with Gasteiger partial charge in [-0.3, -0.25) is 10.0 Å². The van der Waals surface area contributed by atoms with Crippen molar-refractivity contribution in [3.63, 3.8) is 0 Å². The molecule has 0 bridgehead atoms. The lowest BCUT2D eigenvalue weighted by molar-refractivity contribution is -0.152. The molecule has 0 radical (unpaired) electrons. The number of aliphatic hydroxyl groups is 3. The Balaban J connectivity index is 0.000000352.